The third-order valence-electron chi connectivity index (χ3n) is 3.71. The molecule has 0 spiro atoms. The molecule has 0 amide bonds. The van der Waals surface area contributed by atoms with E-state index in [1.54, 1.807) is 0 Å². The maximum Gasteiger partial charge on any atom is 0.213 e. The number of rotatable bonds is 5. The number of hydrogen-bond acceptors (Lipinski definition) is 3. The Labute approximate surface area is 123 Å². The van der Waals surface area contributed by atoms with E-state index in [-0.39, 0.29) is 6.10 Å². The van der Waals surface area contributed by atoms with Gasteiger partial charge in [-0.2, -0.15) is 0 Å². The molecule has 1 aromatic rings. The van der Waals surface area contributed by atoms with Crippen molar-refractivity contribution in [3.63, 3.8) is 0 Å². The van der Waals surface area contributed by atoms with Crippen LogP contribution in [0.1, 0.15) is 58.6 Å². The van der Waals surface area contributed by atoms with E-state index in [1.807, 2.05) is 26.1 Å². The molecule has 1 saturated heterocycles. The molecule has 2 heterocycles. The summed E-state index contributed by atoms with van der Waals surface area (Å²) in [5.41, 5.74) is 1.33. The Morgan fingerprint density at radius 3 is 2.65 bits per heavy atom. The minimum Gasteiger partial charge on any atom is -0.475 e. The average Bonchev–Trinajstić information content (AvgIpc) is 2.39. The van der Waals surface area contributed by atoms with E-state index in [0.29, 0.717) is 12.0 Å². The highest BCUT2D eigenvalue weighted by molar-refractivity contribution is 5.21. The maximum absolute atomic E-state index is 5.62. The van der Waals surface area contributed by atoms with Crippen LogP contribution in [0.3, 0.4) is 0 Å². The van der Waals surface area contributed by atoms with E-state index < -0.39 is 0 Å². The molecule has 0 radical (unpaired) electrons. The fraction of sp³-hybridized carbons (Fsp3) is 0.706. The van der Waals surface area contributed by atoms with Crippen molar-refractivity contribution >= 4 is 0 Å². The van der Waals surface area contributed by atoms with Crippen LogP contribution in [0.2, 0.25) is 0 Å². The highest BCUT2D eigenvalue weighted by atomic mass is 16.5. The van der Waals surface area contributed by atoms with Crippen LogP contribution in [0.4, 0.5) is 0 Å². The van der Waals surface area contributed by atoms with Crippen molar-refractivity contribution in [2.24, 2.45) is 5.92 Å². The summed E-state index contributed by atoms with van der Waals surface area (Å²) in [7, 11) is 0. The Morgan fingerprint density at radius 2 is 2.05 bits per heavy atom. The number of pyridine rings is 1. The molecule has 1 atom stereocenters. The van der Waals surface area contributed by atoms with E-state index in [2.05, 4.69) is 29.8 Å². The number of hydrogen-bond donors (Lipinski definition) is 0. The van der Waals surface area contributed by atoms with Crippen molar-refractivity contribution in [1.82, 2.24) is 9.88 Å². The van der Waals surface area contributed by atoms with Crippen LogP contribution < -0.4 is 4.74 Å². The molecule has 0 bridgehead atoms. The Bertz CT molecular complexity index is 400. The second-order valence-electron chi connectivity index (χ2n) is 6.50. The molecule has 0 aliphatic carbocycles. The molecule has 112 valence electrons. The maximum atomic E-state index is 5.62. The fourth-order valence-corrected chi connectivity index (χ4v) is 2.96. The standard InChI is InChI=1S/C17H28N2O/c1-13(2)12-19-10-6-5-7-16(19)15-8-9-17(18-11-15)20-14(3)4/h8-9,11,13-14,16H,5-7,10,12H2,1-4H3/t16-/m1/s1. The topological polar surface area (TPSA) is 25.4 Å². The molecule has 0 N–H and O–H groups in total. The zero-order valence-corrected chi connectivity index (χ0v) is 13.3. The van der Waals surface area contributed by atoms with Gasteiger partial charge in [-0.25, -0.2) is 4.98 Å². The van der Waals surface area contributed by atoms with Crippen LogP contribution in [0.5, 0.6) is 5.88 Å². The summed E-state index contributed by atoms with van der Waals surface area (Å²) in [6.07, 6.45) is 6.08. The van der Waals surface area contributed by atoms with Crippen LogP contribution in [0, 0.1) is 5.92 Å². The number of likely N-dealkylation sites (tertiary alicyclic amines) is 1. The lowest BCUT2D eigenvalue weighted by Gasteiger charge is -2.37. The summed E-state index contributed by atoms with van der Waals surface area (Å²) in [6, 6.07) is 4.73. The van der Waals surface area contributed by atoms with Crippen LogP contribution >= 0.6 is 0 Å². The highest BCUT2D eigenvalue weighted by Crippen LogP contribution is 2.31. The third-order valence-corrected chi connectivity index (χ3v) is 3.71. The van der Waals surface area contributed by atoms with Gasteiger partial charge in [-0.15, -0.1) is 0 Å². The molecule has 0 aromatic carbocycles. The van der Waals surface area contributed by atoms with Crippen molar-refractivity contribution in [3.05, 3.63) is 23.9 Å². The molecule has 1 aromatic heterocycles. The second kappa shape index (κ2) is 7.07. The Balaban J connectivity index is 2.07. The first kappa shape index (κ1) is 15.3. The van der Waals surface area contributed by atoms with E-state index in [1.165, 1.54) is 37.9 Å². The molecule has 3 nitrogen and oxygen atoms in total. The molecule has 1 fully saturated rings. The number of ether oxygens (including phenoxy) is 1. The Hall–Kier alpha value is -1.09. The van der Waals surface area contributed by atoms with Gasteiger partial charge in [-0.1, -0.05) is 26.3 Å². The Morgan fingerprint density at radius 1 is 1.25 bits per heavy atom. The van der Waals surface area contributed by atoms with Crippen molar-refractivity contribution in [1.29, 1.82) is 0 Å². The summed E-state index contributed by atoms with van der Waals surface area (Å²) < 4.78 is 5.62. The third kappa shape index (κ3) is 4.20. The highest BCUT2D eigenvalue weighted by Gasteiger charge is 2.24. The van der Waals surface area contributed by atoms with Gasteiger partial charge in [0.25, 0.3) is 0 Å². The fourth-order valence-electron chi connectivity index (χ4n) is 2.96. The quantitative estimate of drug-likeness (QED) is 0.811. The first-order chi connectivity index (χ1) is 9.56. The lowest BCUT2D eigenvalue weighted by molar-refractivity contribution is 0.132. The average molecular weight is 276 g/mol. The Kier molecular flexibility index (Phi) is 5.41. The molecule has 1 aliphatic heterocycles. The predicted octanol–water partition coefficient (Wildman–Crippen LogP) is 4.05. The summed E-state index contributed by atoms with van der Waals surface area (Å²) in [4.78, 5) is 7.08. The van der Waals surface area contributed by atoms with E-state index in [4.69, 9.17) is 4.74 Å². The molecular weight excluding hydrogens is 248 g/mol. The number of nitrogens with zero attached hydrogens (tertiary/aromatic N) is 2. The summed E-state index contributed by atoms with van der Waals surface area (Å²) in [5.74, 6) is 1.45. The molecule has 0 saturated carbocycles. The van der Waals surface area contributed by atoms with Gasteiger partial charge >= 0.3 is 0 Å². The van der Waals surface area contributed by atoms with Gasteiger partial charge in [0.15, 0.2) is 0 Å². The minimum atomic E-state index is 0.181. The minimum absolute atomic E-state index is 0.181. The zero-order chi connectivity index (χ0) is 14.5. The van der Waals surface area contributed by atoms with Gasteiger partial charge in [0, 0.05) is 24.8 Å². The molecule has 3 heteroatoms. The number of piperidine rings is 1. The van der Waals surface area contributed by atoms with Gasteiger partial charge in [-0.05, 0) is 44.7 Å². The second-order valence-corrected chi connectivity index (χ2v) is 6.50. The summed E-state index contributed by atoms with van der Waals surface area (Å²) in [6.45, 7) is 11.0. The molecular formula is C17H28N2O. The summed E-state index contributed by atoms with van der Waals surface area (Å²) in [5, 5.41) is 0. The molecule has 0 unspecified atom stereocenters. The SMILES string of the molecule is CC(C)CN1CCCC[C@@H]1c1ccc(OC(C)C)nc1. The molecule has 2 rings (SSSR count). The van der Waals surface area contributed by atoms with Crippen molar-refractivity contribution in [2.45, 2.75) is 59.1 Å². The van der Waals surface area contributed by atoms with E-state index >= 15 is 0 Å². The van der Waals surface area contributed by atoms with E-state index in [9.17, 15) is 0 Å². The van der Waals surface area contributed by atoms with Gasteiger partial charge in [0.2, 0.25) is 5.88 Å². The lowest BCUT2D eigenvalue weighted by Crippen LogP contribution is -2.36. The van der Waals surface area contributed by atoms with Crippen molar-refractivity contribution in [2.75, 3.05) is 13.1 Å². The predicted molar refractivity (Wildman–Crippen MR) is 83.0 cm³/mol. The van der Waals surface area contributed by atoms with Crippen LogP contribution in [0.25, 0.3) is 0 Å². The van der Waals surface area contributed by atoms with Crippen LogP contribution in [-0.4, -0.2) is 29.1 Å². The monoisotopic (exact) mass is 276 g/mol. The van der Waals surface area contributed by atoms with E-state index in [0.717, 1.165) is 5.88 Å². The van der Waals surface area contributed by atoms with Crippen LogP contribution in [-0.2, 0) is 0 Å². The lowest BCUT2D eigenvalue weighted by atomic mass is 9.95. The van der Waals surface area contributed by atoms with Crippen molar-refractivity contribution < 1.29 is 4.74 Å². The first-order valence-electron chi connectivity index (χ1n) is 7.93. The molecule has 20 heavy (non-hydrogen) atoms. The van der Waals surface area contributed by atoms with Gasteiger partial charge < -0.3 is 4.74 Å². The first-order valence-corrected chi connectivity index (χ1v) is 7.93. The molecule has 1 aliphatic rings. The summed E-state index contributed by atoms with van der Waals surface area (Å²) >= 11 is 0. The smallest absolute Gasteiger partial charge is 0.213 e. The van der Waals surface area contributed by atoms with Gasteiger partial charge in [0.1, 0.15) is 0 Å². The normalized spacial score (nSPS) is 20.6. The largest absolute Gasteiger partial charge is 0.475 e. The van der Waals surface area contributed by atoms with Gasteiger partial charge in [0.05, 0.1) is 6.10 Å². The van der Waals surface area contributed by atoms with Crippen LogP contribution in [0.15, 0.2) is 18.3 Å². The number of aromatic nitrogens is 1. The van der Waals surface area contributed by atoms with Crippen molar-refractivity contribution in [3.8, 4) is 5.88 Å². The van der Waals surface area contributed by atoms with Gasteiger partial charge in [-0.3, -0.25) is 4.90 Å². The zero-order valence-electron chi connectivity index (χ0n) is 13.3.